The summed E-state index contributed by atoms with van der Waals surface area (Å²) < 4.78 is 33.5. The maximum absolute atomic E-state index is 13.3. The zero-order chi connectivity index (χ0) is 20.3. The van der Waals surface area contributed by atoms with Gasteiger partial charge in [0.1, 0.15) is 5.75 Å². The van der Waals surface area contributed by atoms with Gasteiger partial charge in [-0.05, 0) is 62.6 Å². The molecule has 0 aliphatic carbocycles. The lowest BCUT2D eigenvalue weighted by Crippen LogP contribution is -2.35. The van der Waals surface area contributed by atoms with Crippen molar-refractivity contribution < 1.29 is 13.2 Å². The van der Waals surface area contributed by atoms with E-state index < -0.39 is 10.0 Å². The number of hydrogen-bond donors (Lipinski definition) is 0. The van der Waals surface area contributed by atoms with Crippen molar-refractivity contribution in [3.63, 3.8) is 0 Å². The molecule has 2 aromatic rings. The quantitative estimate of drug-likeness (QED) is 0.768. The Kier molecular flexibility index (Phi) is 6.43. The summed E-state index contributed by atoms with van der Waals surface area (Å²) in [6, 6.07) is 12.0. The fraction of sp³-hybridized carbons (Fsp3) is 0.455. The molecule has 3 rings (SSSR count). The highest BCUT2D eigenvalue weighted by Gasteiger charge is 2.29. The van der Waals surface area contributed by atoms with E-state index in [2.05, 4.69) is 17.0 Å². The molecule has 0 N–H and O–H groups in total. The summed E-state index contributed by atoms with van der Waals surface area (Å²) in [6.45, 7) is 9.31. The predicted octanol–water partition coefficient (Wildman–Crippen LogP) is 3.52. The minimum Gasteiger partial charge on any atom is -0.497 e. The Morgan fingerprint density at radius 1 is 0.929 bits per heavy atom. The summed E-state index contributed by atoms with van der Waals surface area (Å²) >= 11 is 0. The van der Waals surface area contributed by atoms with Crippen molar-refractivity contribution in [3.8, 4) is 5.75 Å². The summed E-state index contributed by atoms with van der Waals surface area (Å²) in [4.78, 5) is 2.80. The molecule has 6 heteroatoms. The first-order valence-electron chi connectivity index (χ1n) is 9.74. The molecule has 0 bridgehead atoms. The average molecular weight is 403 g/mol. The van der Waals surface area contributed by atoms with E-state index in [0.29, 0.717) is 18.0 Å². The molecule has 0 spiro atoms. The number of nitrogens with zero attached hydrogens (tertiary/aromatic N) is 2. The van der Waals surface area contributed by atoms with Crippen LogP contribution in [0.2, 0.25) is 0 Å². The second kappa shape index (κ2) is 8.64. The van der Waals surface area contributed by atoms with Gasteiger partial charge >= 0.3 is 0 Å². The van der Waals surface area contributed by atoms with E-state index in [9.17, 15) is 8.42 Å². The molecule has 2 aromatic carbocycles. The largest absolute Gasteiger partial charge is 0.497 e. The molecule has 1 heterocycles. The Morgan fingerprint density at radius 3 is 2.18 bits per heavy atom. The van der Waals surface area contributed by atoms with Gasteiger partial charge in [0.2, 0.25) is 10.0 Å². The van der Waals surface area contributed by atoms with Crippen LogP contribution < -0.4 is 4.74 Å². The fourth-order valence-electron chi connectivity index (χ4n) is 4.04. The molecule has 28 heavy (non-hydrogen) atoms. The van der Waals surface area contributed by atoms with E-state index in [1.165, 1.54) is 5.56 Å². The predicted molar refractivity (Wildman–Crippen MR) is 112 cm³/mol. The molecule has 0 aromatic heterocycles. The molecule has 1 saturated heterocycles. The van der Waals surface area contributed by atoms with Crippen molar-refractivity contribution in [1.29, 1.82) is 0 Å². The number of ether oxygens (including phenoxy) is 1. The monoisotopic (exact) mass is 402 g/mol. The first kappa shape index (κ1) is 20.8. The van der Waals surface area contributed by atoms with E-state index in [1.54, 1.807) is 11.4 Å². The van der Waals surface area contributed by atoms with Gasteiger partial charge in [-0.15, -0.1) is 0 Å². The third-order valence-electron chi connectivity index (χ3n) is 5.32. The lowest BCUT2D eigenvalue weighted by molar-refractivity contribution is 0.278. The van der Waals surface area contributed by atoms with Crippen LogP contribution in [0.3, 0.4) is 0 Å². The Bertz CT molecular complexity index is 900. The van der Waals surface area contributed by atoms with Crippen LogP contribution in [0.4, 0.5) is 0 Å². The molecule has 0 amide bonds. The summed E-state index contributed by atoms with van der Waals surface area (Å²) in [5.41, 5.74) is 3.96. The zero-order valence-electron chi connectivity index (χ0n) is 17.2. The van der Waals surface area contributed by atoms with Crippen LogP contribution in [0, 0.1) is 20.8 Å². The molecular weight excluding hydrogens is 372 g/mol. The van der Waals surface area contributed by atoms with Crippen molar-refractivity contribution in [2.24, 2.45) is 0 Å². The summed E-state index contributed by atoms with van der Waals surface area (Å²) in [6.07, 6.45) is 0.833. The molecule has 1 fully saturated rings. The molecule has 0 radical (unpaired) electrons. The highest BCUT2D eigenvalue weighted by atomic mass is 32.2. The van der Waals surface area contributed by atoms with Crippen LogP contribution in [0.1, 0.15) is 28.7 Å². The van der Waals surface area contributed by atoms with Gasteiger partial charge in [-0.25, -0.2) is 8.42 Å². The lowest BCUT2D eigenvalue weighted by atomic mass is 10.1. The van der Waals surface area contributed by atoms with Crippen molar-refractivity contribution in [2.45, 2.75) is 38.6 Å². The van der Waals surface area contributed by atoms with Crippen molar-refractivity contribution >= 4 is 10.0 Å². The van der Waals surface area contributed by atoms with E-state index in [1.807, 2.05) is 45.0 Å². The average Bonchev–Trinajstić information content (AvgIpc) is 2.87. The summed E-state index contributed by atoms with van der Waals surface area (Å²) in [7, 11) is -1.82. The molecular formula is C22H30N2O3S. The third kappa shape index (κ3) is 4.57. The number of rotatable bonds is 5. The van der Waals surface area contributed by atoms with Gasteiger partial charge in [0.05, 0.1) is 12.0 Å². The number of methoxy groups -OCH3 is 1. The Hall–Kier alpha value is -1.89. The van der Waals surface area contributed by atoms with Gasteiger partial charge in [-0.1, -0.05) is 29.8 Å². The Balaban J connectivity index is 1.72. The van der Waals surface area contributed by atoms with Gasteiger partial charge in [0.15, 0.2) is 0 Å². The first-order valence-corrected chi connectivity index (χ1v) is 11.2. The van der Waals surface area contributed by atoms with Crippen LogP contribution in [0.25, 0.3) is 0 Å². The number of hydrogen-bond acceptors (Lipinski definition) is 4. The Labute approximate surface area is 169 Å². The number of aryl methyl sites for hydroxylation is 3. The van der Waals surface area contributed by atoms with Crippen LogP contribution in [0.5, 0.6) is 5.75 Å². The summed E-state index contributed by atoms with van der Waals surface area (Å²) in [5.74, 6) is 0.848. The van der Waals surface area contributed by atoms with Crippen LogP contribution >= 0.6 is 0 Å². The first-order chi connectivity index (χ1) is 13.3. The number of benzene rings is 2. The fourth-order valence-corrected chi connectivity index (χ4v) is 5.92. The standard InChI is InChI=1S/C22H30N2O3S/c1-17-14-18(2)22(19(3)15-17)28(25,26)24-11-5-10-23(12-13-24)16-20-6-8-21(27-4)9-7-20/h6-9,14-15H,5,10-13,16H2,1-4H3. The van der Waals surface area contributed by atoms with E-state index in [0.717, 1.165) is 48.5 Å². The summed E-state index contributed by atoms with van der Waals surface area (Å²) in [5, 5.41) is 0. The van der Waals surface area contributed by atoms with Crippen molar-refractivity contribution in [2.75, 3.05) is 33.3 Å². The van der Waals surface area contributed by atoms with Gasteiger partial charge in [-0.2, -0.15) is 4.31 Å². The van der Waals surface area contributed by atoms with E-state index in [-0.39, 0.29) is 0 Å². The van der Waals surface area contributed by atoms with Crippen LogP contribution in [0.15, 0.2) is 41.3 Å². The third-order valence-corrected chi connectivity index (χ3v) is 7.52. The molecule has 152 valence electrons. The van der Waals surface area contributed by atoms with Gasteiger partial charge in [0.25, 0.3) is 0 Å². The maximum Gasteiger partial charge on any atom is 0.243 e. The highest BCUT2D eigenvalue weighted by molar-refractivity contribution is 7.89. The van der Waals surface area contributed by atoms with Crippen molar-refractivity contribution in [3.05, 3.63) is 58.7 Å². The lowest BCUT2D eigenvalue weighted by Gasteiger charge is -2.23. The topological polar surface area (TPSA) is 49.9 Å². The smallest absolute Gasteiger partial charge is 0.243 e. The molecule has 1 aliphatic rings. The molecule has 5 nitrogen and oxygen atoms in total. The van der Waals surface area contributed by atoms with Crippen LogP contribution in [-0.4, -0.2) is 50.9 Å². The zero-order valence-corrected chi connectivity index (χ0v) is 18.1. The van der Waals surface area contributed by atoms with Gasteiger partial charge < -0.3 is 4.74 Å². The molecule has 1 aliphatic heterocycles. The van der Waals surface area contributed by atoms with E-state index in [4.69, 9.17) is 4.74 Å². The van der Waals surface area contributed by atoms with Crippen LogP contribution in [-0.2, 0) is 16.6 Å². The second-order valence-electron chi connectivity index (χ2n) is 7.61. The normalized spacial score (nSPS) is 16.7. The van der Waals surface area contributed by atoms with Crippen molar-refractivity contribution in [1.82, 2.24) is 9.21 Å². The SMILES string of the molecule is COc1ccc(CN2CCCN(S(=O)(=O)c3c(C)cc(C)cc3C)CC2)cc1. The molecule has 0 atom stereocenters. The molecule has 0 unspecified atom stereocenters. The van der Waals surface area contributed by atoms with Gasteiger partial charge in [0, 0.05) is 26.2 Å². The highest BCUT2D eigenvalue weighted by Crippen LogP contribution is 2.26. The minimum atomic E-state index is -3.48. The number of sulfonamides is 1. The second-order valence-corrected chi connectivity index (χ2v) is 9.48. The van der Waals surface area contributed by atoms with Gasteiger partial charge in [-0.3, -0.25) is 4.90 Å². The maximum atomic E-state index is 13.3. The molecule has 0 saturated carbocycles. The minimum absolute atomic E-state index is 0.474. The Morgan fingerprint density at radius 2 is 1.57 bits per heavy atom. The van der Waals surface area contributed by atoms with E-state index >= 15 is 0 Å².